The van der Waals surface area contributed by atoms with Crippen molar-refractivity contribution < 1.29 is 9.53 Å². The van der Waals surface area contributed by atoms with Gasteiger partial charge in [-0.15, -0.1) is 0 Å². The molecule has 0 spiro atoms. The van der Waals surface area contributed by atoms with E-state index in [-0.39, 0.29) is 10.6 Å². The molecule has 0 aliphatic carbocycles. The molecule has 5 nitrogen and oxygen atoms in total. The summed E-state index contributed by atoms with van der Waals surface area (Å²) < 4.78 is 7.32. The molecule has 20 heavy (non-hydrogen) atoms. The molecule has 0 aromatic carbocycles. The molecule has 0 bridgehead atoms. The highest BCUT2D eigenvalue weighted by Crippen LogP contribution is 2.09. The van der Waals surface area contributed by atoms with E-state index in [2.05, 4.69) is 24.7 Å². The van der Waals surface area contributed by atoms with Gasteiger partial charge in [0.25, 0.3) is 0 Å². The van der Waals surface area contributed by atoms with Crippen molar-refractivity contribution >= 4 is 38.3 Å². The summed E-state index contributed by atoms with van der Waals surface area (Å²) in [7, 11) is -0.593. The summed E-state index contributed by atoms with van der Waals surface area (Å²) in [5.74, 6) is 0. The fourth-order valence-corrected chi connectivity index (χ4v) is 2.39. The van der Waals surface area contributed by atoms with Crippen molar-refractivity contribution in [1.82, 2.24) is 9.55 Å². The van der Waals surface area contributed by atoms with Crippen molar-refractivity contribution in [2.75, 3.05) is 6.61 Å². The zero-order chi connectivity index (χ0) is 15.1. The molecular formula is C13H20ClN3O2Si. The second kappa shape index (κ2) is 8.03. The van der Waals surface area contributed by atoms with Crippen molar-refractivity contribution in [3.63, 3.8) is 0 Å². The van der Waals surface area contributed by atoms with Crippen LogP contribution in [0.5, 0.6) is 0 Å². The Morgan fingerprint density at radius 1 is 1.65 bits per heavy atom. The van der Waals surface area contributed by atoms with Gasteiger partial charge in [0.2, 0.25) is 0 Å². The number of carbonyl (C=O) groups excluding carboxylic acids is 1. The molecule has 0 unspecified atom stereocenters. The Balaban J connectivity index is 2.88. The van der Waals surface area contributed by atoms with Crippen LogP contribution in [0.25, 0.3) is 11.6 Å². The first-order valence-corrected chi connectivity index (χ1v) is 9.86. The first-order chi connectivity index (χ1) is 9.51. The predicted molar refractivity (Wildman–Crippen MR) is 84.2 cm³/mol. The van der Waals surface area contributed by atoms with Crippen LogP contribution in [0.15, 0.2) is 18.1 Å². The van der Waals surface area contributed by atoms with E-state index in [0.717, 1.165) is 18.9 Å². The zero-order valence-electron chi connectivity index (χ0n) is 11.8. The van der Waals surface area contributed by atoms with Crippen LogP contribution in [0, 0.1) is 0 Å². The van der Waals surface area contributed by atoms with Crippen LogP contribution in [-0.2, 0) is 16.3 Å². The molecule has 0 saturated heterocycles. The standard InChI is InChI=1S/C13H20ClN3O2Si/c1-10-13(12(14)11(6-15)7-18)16-8-17(10)9-19-4-5-20(2)3/h6-8,20H,1,4-5,9,15H2,2-3H3/b11-6-,13-12-. The topological polar surface area (TPSA) is 70.1 Å². The number of aromatic nitrogens is 2. The molecule has 1 rings (SSSR count). The van der Waals surface area contributed by atoms with E-state index < -0.39 is 8.80 Å². The average Bonchev–Trinajstić information content (AvgIpc) is 2.77. The predicted octanol–water partition coefficient (Wildman–Crippen LogP) is 0.143. The number of nitrogens with two attached hydrogens (primary N) is 1. The summed E-state index contributed by atoms with van der Waals surface area (Å²) in [6.45, 7) is 9.57. The highest BCUT2D eigenvalue weighted by atomic mass is 35.5. The van der Waals surface area contributed by atoms with Crippen LogP contribution >= 0.6 is 11.6 Å². The lowest BCUT2D eigenvalue weighted by Gasteiger charge is -2.06. The Morgan fingerprint density at radius 3 is 2.90 bits per heavy atom. The molecule has 0 atom stereocenters. The molecule has 1 heterocycles. The molecule has 2 N–H and O–H groups in total. The fraction of sp³-hybridized carbons (Fsp3) is 0.385. The monoisotopic (exact) mass is 313 g/mol. The van der Waals surface area contributed by atoms with Crippen LogP contribution in [0.2, 0.25) is 19.1 Å². The van der Waals surface area contributed by atoms with Gasteiger partial charge in [-0.3, -0.25) is 4.79 Å². The van der Waals surface area contributed by atoms with Gasteiger partial charge in [-0.2, -0.15) is 0 Å². The fourth-order valence-electron chi connectivity index (χ4n) is 1.49. The molecule has 1 aromatic heterocycles. The SMILES string of the molecule is C=c1/c(=C(Cl)\C(C=O)=C/N)ncn1COCC[SiH](C)C. The molecule has 0 fully saturated rings. The lowest BCUT2D eigenvalue weighted by atomic mass is 10.3. The molecular weight excluding hydrogens is 294 g/mol. The van der Waals surface area contributed by atoms with Crippen LogP contribution in [-0.4, -0.2) is 31.2 Å². The number of ether oxygens (including phenoxy) is 1. The first-order valence-electron chi connectivity index (χ1n) is 6.36. The average molecular weight is 314 g/mol. The van der Waals surface area contributed by atoms with Gasteiger partial charge in [0, 0.05) is 21.6 Å². The Labute approximate surface area is 125 Å². The maximum Gasteiger partial charge on any atom is 0.153 e. The summed E-state index contributed by atoms with van der Waals surface area (Å²) in [6, 6.07) is 1.13. The van der Waals surface area contributed by atoms with Gasteiger partial charge >= 0.3 is 0 Å². The number of rotatable bonds is 7. The molecule has 0 saturated carbocycles. The Hall–Kier alpha value is -1.37. The number of allylic oxidation sites excluding steroid dienone is 1. The van der Waals surface area contributed by atoms with Crippen LogP contribution in [0.4, 0.5) is 0 Å². The van der Waals surface area contributed by atoms with Gasteiger partial charge in [0.05, 0.1) is 22.3 Å². The van der Waals surface area contributed by atoms with Crippen molar-refractivity contribution in [1.29, 1.82) is 0 Å². The van der Waals surface area contributed by atoms with Gasteiger partial charge < -0.3 is 15.0 Å². The van der Waals surface area contributed by atoms with Gasteiger partial charge in [0.1, 0.15) is 12.1 Å². The van der Waals surface area contributed by atoms with E-state index in [1.807, 2.05) is 0 Å². The normalized spacial score (nSPS) is 13.7. The Morgan fingerprint density at radius 2 is 2.35 bits per heavy atom. The third kappa shape index (κ3) is 4.33. The van der Waals surface area contributed by atoms with Crippen molar-refractivity contribution in [2.45, 2.75) is 25.9 Å². The van der Waals surface area contributed by atoms with Crippen LogP contribution in [0.3, 0.4) is 0 Å². The van der Waals surface area contributed by atoms with E-state index in [4.69, 9.17) is 22.1 Å². The maximum absolute atomic E-state index is 10.8. The lowest BCUT2D eigenvalue weighted by molar-refractivity contribution is -0.104. The van der Waals surface area contributed by atoms with Gasteiger partial charge in [-0.1, -0.05) is 31.3 Å². The Kier molecular flexibility index (Phi) is 6.70. The number of hydrogen-bond acceptors (Lipinski definition) is 4. The lowest BCUT2D eigenvalue weighted by Crippen LogP contribution is -2.31. The first kappa shape index (κ1) is 16.7. The quantitative estimate of drug-likeness (QED) is 0.336. The van der Waals surface area contributed by atoms with Gasteiger partial charge in [0.15, 0.2) is 6.29 Å². The number of imidazole rings is 1. The number of carbonyl (C=O) groups is 1. The van der Waals surface area contributed by atoms with E-state index >= 15 is 0 Å². The highest BCUT2D eigenvalue weighted by molar-refractivity contribution is 6.55. The van der Waals surface area contributed by atoms with E-state index in [1.54, 1.807) is 10.9 Å². The number of aldehydes is 1. The minimum Gasteiger partial charge on any atom is -0.404 e. The summed E-state index contributed by atoms with van der Waals surface area (Å²) in [5, 5.41) is 1.23. The molecule has 0 amide bonds. The van der Waals surface area contributed by atoms with Crippen molar-refractivity contribution in [3.05, 3.63) is 28.8 Å². The summed E-state index contributed by atoms with van der Waals surface area (Å²) in [4.78, 5) is 15.0. The zero-order valence-corrected chi connectivity index (χ0v) is 13.7. The number of halogens is 1. The molecule has 1 aromatic rings. The van der Waals surface area contributed by atoms with Crippen molar-refractivity contribution in [3.8, 4) is 0 Å². The van der Waals surface area contributed by atoms with Crippen LogP contribution < -0.4 is 16.4 Å². The van der Waals surface area contributed by atoms with E-state index in [1.165, 1.54) is 0 Å². The molecule has 0 aliphatic heterocycles. The molecule has 0 radical (unpaired) electrons. The minimum atomic E-state index is -0.593. The third-order valence-corrected chi connectivity index (χ3v) is 4.57. The van der Waals surface area contributed by atoms with Crippen molar-refractivity contribution in [2.24, 2.45) is 5.73 Å². The number of nitrogens with zero attached hydrogens (tertiary/aromatic N) is 2. The maximum atomic E-state index is 10.8. The Bertz CT molecular complexity index is 595. The van der Waals surface area contributed by atoms with E-state index in [0.29, 0.717) is 23.7 Å². The minimum absolute atomic E-state index is 0.188. The van der Waals surface area contributed by atoms with E-state index in [9.17, 15) is 4.79 Å². The summed E-state index contributed by atoms with van der Waals surface area (Å²) in [5.41, 5.74) is 5.52. The second-order valence-electron chi connectivity index (χ2n) is 4.78. The molecule has 7 heteroatoms. The van der Waals surface area contributed by atoms with Gasteiger partial charge in [-0.05, 0) is 6.04 Å². The second-order valence-corrected chi connectivity index (χ2v) is 8.53. The molecule has 0 aliphatic rings. The summed E-state index contributed by atoms with van der Waals surface area (Å²) in [6.07, 6.45) is 3.33. The molecule has 110 valence electrons. The third-order valence-electron chi connectivity index (χ3n) is 2.78. The smallest absolute Gasteiger partial charge is 0.153 e. The summed E-state index contributed by atoms with van der Waals surface area (Å²) >= 11 is 6.08. The highest BCUT2D eigenvalue weighted by Gasteiger charge is 2.06. The largest absolute Gasteiger partial charge is 0.404 e. The number of hydrogen-bond donors (Lipinski definition) is 1. The van der Waals surface area contributed by atoms with Gasteiger partial charge in [-0.25, -0.2) is 4.98 Å². The van der Waals surface area contributed by atoms with Crippen LogP contribution in [0.1, 0.15) is 0 Å².